The van der Waals surface area contributed by atoms with Gasteiger partial charge in [0.25, 0.3) is 0 Å². The van der Waals surface area contributed by atoms with E-state index in [1.807, 2.05) is 0 Å². The monoisotopic (exact) mass is 298 g/mol. The van der Waals surface area contributed by atoms with Crippen LogP contribution < -0.4 is 0 Å². The van der Waals surface area contributed by atoms with Gasteiger partial charge in [-0.2, -0.15) is 0 Å². The van der Waals surface area contributed by atoms with Crippen molar-refractivity contribution in [3.8, 4) is 0 Å². The van der Waals surface area contributed by atoms with E-state index >= 15 is 0 Å². The maximum atomic E-state index is 12.7. The van der Waals surface area contributed by atoms with Crippen LogP contribution in [0.2, 0.25) is 0 Å². The summed E-state index contributed by atoms with van der Waals surface area (Å²) in [5, 5.41) is 0. The number of hydrogen-bond donors (Lipinski definition) is 0. The van der Waals surface area contributed by atoms with Crippen LogP contribution in [-0.2, 0) is 9.53 Å². The molecule has 0 rings (SSSR count). The first-order valence-corrected chi connectivity index (χ1v) is 8.26. The van der Waals surface area contributed by atoms with Gasteiger partial charge in [0.2, 0.25) is 0 Å². The molecular weight excluding hydrogens is 260 g/mol. The molecule has 0 saturated heterocycles. The fourth-order valence-electron chi connectivity index (χ4n) is 2.63. The second-order valence-corrected chi connectivity index (χ2v) is 10.1. The molecule has 0 amide bonds. The Bertz CT molecular complexity index is 336. The molecule has 0 radical (unpaired) electrons. The van der Waals surface area contributed by atoms with Crippen molar-refractivity contribution >= 4 is 5.97 Å². The highest BCUT2D eigenvalue weighted by Gasteiger charge is 2.47. The Morgan fingerprint density at radius 1 is 0.810 bits per heavy atom. The molecule has 0 bridgehead atoms. The highest BCUT2D eigenvalue weighted by atomic mass is 16.5. The van der Waals surface area contributed by atoms with Crippen LogP contribution in [0.3, 0.4) is 0 Å². The van der Waals surface area contributed by atoms with Crippen molar-refractivity contribution in [3.05, 3.63) is 0 Å². The fourth-order valence-corrected chi connectivity index (χ4v) is 2.63. The molecule has 0 aromatic heterocycles. The molecule has 1 atom stereocenters. The third-order valence-corrected chi connectivity index (χ3v) is 4.29. The molecule has 126 valence electrons. The molecule has 0 fully saturated rings. The van der Waals surface area contributed by atoms with Crippen LogP contribution in [0.1, 0.15) is 88.5 Å². The molecule has 1 unspecified atom stereocenters. The molecule has 2 nitrogen and oxygen atoms in total. The van der Waals surface area contributed by atoms with E-state index in [4.69, 9.17) is 4.74 Å². The Balaban J connectivity index is 4.77. The smallest absolute Gasteiger partial charge is 0.312 e. The molecule has 0 aromatic carbocycles. The third kappa shape index (κ3) is 7.33. The van der Waals surface area contributed by atoms with Crippen molar-refractivity contribution in [2.75, 3.05) is 6.61 Å². The lowest BCUT2D eigenvalue weighted by Gasteiger charge is -2.43. The van der Waals surface area contributed by atoms with E-state index in [1.165, 1.54) is 0 Å². The van der Waals surface area contributed by atoms with Crippen LogP contribution >= 0.6 is 0 Å². The Labute approximate surface area is 133 Å². The van der Waals surface area contributed by atoms with Crippen molar-refractivity contribution in [1.82, 2.24) is 0 Å². The molecule has 21 heavy (non-hydrogen) atoms. The average molecular weight is 299 g/mol. The maximum Gasteiger partial charge on any atom is 0.312 e. The van der Waals surface area contributed by atoms with E-state index in [1.54, 1.807) is 0 Å². The number of ether oxygens (including phenoxy) is 1. The number of esters is 1. The molecule has 0 N–H and O–H groups in total. The van der Waals surface area contributed by atoms with E-state index in [0.29, 0.717) is 12.0 Å². The first kappa shape index (κ1) is 20.5. The summed E-state index contributed by atoms with van der Waals surface area (Å²) in [5.74, 6) is -0.0427. The topological polar surface area (TPSA) is 26.3 Å². The van der Waals surface area contributed by atoms with E-state index < -0.39 is 5.41 Å². The third-order valence-electron chi connectivity index (χ3n) is 4.29. The van der Waals surface area contributed by atoms with E-state index in [0.717, 1.165) is 19.3 Å². The molecule has 0 saturated carbocycles. The van der Waals surface area contributed by atoms with Crippen LogP contribution in [-0.4, -0.2) is 12.6 Å². The lowest BCUT2D eigenvalue weighted by Crippen LogP contribution is -2.44. The quantitative estimate of drug-likeness (QED) is 0.470. The predicted molar refractivity (Wildman–Crippen MR) is 91.3 cm³/mol. The van der Waals surface area contributed by atoms with Gasteiger partial charge in [0.05, 0.1) is 12.0 Å². The summed E-state index contributed by atoms with van der Waals surface area (Å²) >= 11 is 0. The highest BCUT2D eigenvalue weighted by Crippen LogP contribution is 2.47. The average Bonchev–Trinajstić information content (AvgIpc) is 2.18. The van der Waals surface area contributed by atoms with Gasteiger partial charge in [0, 0.05) is 0 Å². The molecule has 2 heteroatoms. The van der Waals surface area contributed by atoms with Crippen LogP contribution in [0.5, 0.6) is 0 Å². The molecule has 0 spiro atoms. The lowest BCUT2D eigenvalue weighted by molar-refractivity contribution is -0.165. The Hall–Kier alpha value is -0.530. The van der Waals surface area contributed by atoms with Crippen molar-refractivity contribution in [2.45, 2.75) is 88.5 Å². The van der Waals surface area contributed by atoms with Crippen LogP contribution in [0.4, 0.5) is 0 Å². The first-order chi connectivity index (χ1) is 9.08. The van der Waals surface area contributed by atoms with E-state index in [2.05, 4.69) is 69.2 Å². The van der Waals surface area contributed by atoms with E-state index in [9.17, 15) is 4.79 Å². The zero-order valence-corrected chi connectivity index (χ0v) is 16.1. The van der Waals surface area contributed by atoms with Gasteiger partial charge in [-0.15, -0.1) is 0 Å². The SMILES string of the molecule is CC(C)(C)CCCOC(=O)C(C)(CC(C)(C)C)C(C)(C)C. The van der Waals surface area contributed by atoms with Crippen molar-refractivity contribution < 1.29 is 9.53 Å². The van der Waals surface area contributed by atoms with Crippen molar-refractivity contribution in [1.29, 1.82) is 0 Å². The second-order valence-electron chi connectivity index (χ2n) is 10.1. The van der Waals surface area contributed by atoms with E-state index in [-0.39, 0.29) is 16.8 Å². The van der Waals surface area contributed by atoms with Crippen LogP contribution in [0.15, 0.2) is 0 Å². The minimum Gasteiger partial charge on any atom is -0.465 e. The summed E-state index contributed by atoms with van der Waals surface area (Å²) in [5.41, 5.74) is -0.161. The molecule has 0 heterocycles. The van der Waals surface area contributed by atoms with Gasteiger partial charge in [0.15, 0.2) is 0 Å². The number of carbonyl (C=O) groups excluding carboxylic acids is 1. The number of carbonyl (C=O) groups is 1. The first-order valence-electron chi connectivity index (χ1n) is 8.26. The highest BCUT2D eigenvalue weighted by molar-refractivity contribution is 5.77. The van der Waals surface area contributed by atoms with Crippen LogP contribution in [0, 0.1) is 21.7 Å². The van der Waals surface area contributed by atoms with Gasteiger partial charge in [-0.05, 0) is 42.4 Å². The Morgan fingerprint density at radius 3 is 1.62 bits per heavy atom. The van der Waals surface area contributed by atoms with Crippen molar-refractivity contribution in [2.24, 2.45) is 21.7 Å². The fraction of sp³-hybridized carbons (Fsp3) is 0.947. The maximum absolute atomic E-state index is 12.7. The minimum absolute atomic E-state index is 0.0427. The molecule has 0 aliphatic rings. The van der Waals surface area contributed by atoms with Crippen LogP contribution in [0.25, 0.3) is 0 Å². The summed E-state index contributed by atoms with van der Waals surface area (Å²) in [7, 11) is 0. The van der Waals surface area contributed by atoms with Crippen molar-refractivity contribution in [3.63, 3.8) is 0 Å². The summed E-state index contributed by atoms with van der Waals surface area (Å²) in [6.45, 7) is 22.2. The molecule has 0 aliphatic heterocycles. The molecule has 0 aliphatic carbocycles. The lowest BCUT2D eigenvalue weighted by atomic mass is 9.61. The van der Waals surface area contributed by atoms with Gasteiger partial charge >= 0.3 is 5.97 Å². The predicted octanol–water partition coefficient (Wildman–Crippen LogP) is 5.84. The number of rotatable bonds is 5. The van der Waals surface area contributed by atoms with Gasteiger partial charge in [-0.1, -0.05) is 62.3 Å². The Kier molecular flexibility index (Phi) is 6.54. The molecular formula is C19H38O2. The zero-order valence-electron chi connectivity index (χ0n) is 16.1. The van der Waals surface area contributed by atoms with Gasteiger partial charge in [0.1, 0.15) is 0 Å². The zero-order chi connectivity index (χ0) is 17.1. The summed E-state index contributed by atoms with van der Waals surface area (Å²) < 4.78 is 5.64. The van der Waals surface area contributed by atoms with Gasteiger partial charge in [-0.25, -0.2) is 0 Å². The standard InChI is InChI=1S/C19H38O2/c1-16(2,3)12-11-13-21-15(20)19(10,18(7,8)9)14-17(4,5)6/h11-14H2,1-10H3. The van der Waals surface area contributed by atoms with Gasteiger partial charge in [-0.3, -0.25) is 4.79 Å². The Morgan fingerprint density at radius 2 is 1.29 bits per heavy atom. The second kappa shape index (κ2) is 6.71. The van der Waals surface area contributed by atoms with Gasteiger partial charge < -0.3 is 4.74 Å². The minimum atomic E-state index is -0.451. The summed E-state index contributed by atoms with van der Waals surface area (Å²) in [6, 6.07) is 0. The molecule has 0 aromatic rings. The largest absolute Gasteiger partial charge is 0.465 e. The summed E-state index contributed by atoms with van der Waals surface area (Å²) in [4.78, 5) is 12.7. The summed E-state index contributed by atoms with van der Waals surface area (Å²) in [6.07, 6.45) is 2.85. The number of hydrogen-bond acceptors (Lipinski definition) is 2. The normalized spacial score (nSPS) is 16.5.